The maximum absolute atomic E-state index is 11.1. The molecule has 0 bridgehead atoms. The van der Waals surface area contributed by atoms with E-state index in [0.29, 0.717) is 23.9 Å². The van der Waals surface area contributed by atoms with Crippen molar-refractivity contribution >= 4 is 38.2 Å². The molecule has 9 nitrogen and oxygen atoms in total. The van der Waals surface area contributed by atoms with Crippen LogP contribution in [0.1, 0.15) is 6.92 Å². The minimum Gasteiger partial charge on any atom is -0.369 e. The van der Waals surface area contributed by atoms with Crippen LogP contribution in [0.2, 0.25) is 0 Å². The molecule has 0 saturated heterocycles. The first-order chi connectivity index (χ1) is 11.5. The maximum atomic E-state index is 11.1. The molecule has 0 saturated carbocycles. The smallest absolute Gasteiger partial charge is 0.369 e. The van der Waals surface area contributed by atoms with Gasteiger partial charge in [0.2, 0.25) is 0 Å². The summed E-state index contributed by atoms with van der Waals surface area (Å²) in [4.78, 5) is 1.97. The van der Waals surface area contributed by atoms with Crippen LogP contribution in [0.4, 0.5) is 16.5 Å². The van der Waals surface area contributed by atoms with Crippen LogP contribution in [0.3, 0.4) is 0 Å². The second-order valence-electron chi connectivity index (χ2n) is 4.41. The van der Waals surface area contributed by atoms with Crippen molar-refractivity contribution in [2.45, 2.75) is 6.92 Å². The van der Waals surface area contributed by atoms with Crippen molar-refractivity contribution in [3.63, 3.8) is 0 Å². The highest BCUT2D eigenvalue weighted by Gasteiger charge is 2.10. The molecule has 130 valence electrons. The number of nitrogens with zero attached hydrogens (tertiary/aromatic N) is 5. The summed E-state index contributed by atoms with van der Waals surface area (Å²) in [6, 6.07) is 7.39. The van der Waals surface area contributed by atoms with Crippen LogP contribution in [0, 0.1) is 0 Å². The van der Waals surface area contributed by atoms with Crippen molar-refractivity contribution in [3.8, 4) is 0 Å². The van der Waals surface area contributed by atoms with Crippen molar-refractivity contribution in [2.24, 2.45) is 10.2 Å². The first-order valence-electron chi connectivity index (χ1n) is 7.02. The number of rotatable bonds is 9. The lowest BCUT2D eigenvalue weighted by Gasteiger charge is -2.22. The Morgan fingerprint density at radius 1 is 1.25 bits per heavy atom. The molecule has 0 spiro atoms. The molecule has 0 amide bonds. The van der Waals surface area contributed by atoms with Crippen molar-refractivity contribution in [1.82, 2.24) is 10.2 Å². The van der Waals surface area contributed by atoms with Gasteiger partial charge in [0.15, 0.2) is 0 Å². The molecule has 0 unspecified atom stereocenters. The third kappa shape index (κ3) is 5.60. The Hall–Kier alpha value is -1.95. The van der Waals surface area contributed by atoms with Crippen molar-refractivity contribution < 1.29 is 16.8 Å². The molecule has 1 heterocycles. The molecule has 0 fully saturated rings. The highest BCUT2D eigenvalue weighted by atomic mass is 32.3. The second-order valence-corrected chi connectivity index (χ2v) is 6.61. The zero-order valence-corrected chi connectivity index (χ0v) is 14.8. The minimum atomic E-state index is -3.91. The summed E-state index contributed by atoms with van der Waals surface area (Å²) in [5.74, 6) is 0. The van der Waals surface area contributed by atoms with Gasteiger partial charge in [0, 0.05) is 18.8 Å². The molecule has 11 heteroatoms. The molecular formula is C13H17N5O4S2. The van der Waals surface area contributed by atoms with E-state index < -0.39 is 10.4 Å². The lowest BCUT2D eigenvalue weighted by Crippen LogP contribution is -2.28. The van der Waals surface area contributed by atoms with Crippen LogP contribution in [-0.2, 0) is 18.8 Å². The van der Waals surface area contributed by atoms with E-state index in [4.69, 9.17) is 4.18 Å². The molecule has 2 aromatic rings. The summed E-state index contributed by atoms with van der Waals surface area (Å²) in [5.41, 5.74) is 3.19. The molecule has 1 aromatic carbocycles. The van der Waals surface area contributed by atoms with Crippen LogP contribution in [-0.4, -0.2) is 45.4 Å². The van der Waals surface area contributed by atoms with Gasteiger partial charge in [0.25, 0.3) is 5.13 Å². The standard InChI is InChI=1S/C13H17N5O4S2/c1-3-18(8-9-22-24(19,20)21-2)12-6-4-11(5-7-12)15-17-13-16-14-10-23-13/h4-7,10H,3,8-9H2,1-2H3. The molecule has 0 N–H and O–H groups in total. The lowest BCUT2D eigenvalue weighted by molar-refractivity contribution is 0.248. The topological polar surface area (TPSA) is 106 Å². The average Bonchev–Trinajstić information content (AvgIpc) is 3.11. The van der Waals surface area contributed by atoms with Gasteiger partial charge in [-0.2, -0.15) is 8.42 Å². The molecule has 24 heavy (non-hydrogen) atoms. The third-order valence-corrected chi connectivity index (χ3v) is 4.43. The van der Waals surface area contributed by atoms with E-state index in [1.165, 1.54) is 11.3 Å². The predicted molar refractivity (Wildman–Crippen MR) is 90.3 cm³/mol. The monoisotopic (exact) mass is 371 g/mol. The van der Waals surface area contributed by atoms with Gasteiger partial charge in [0.1, 0.15) is 5.51 Å². The van der Waals surface area contributed by atoms with Crippen molar-refractivity contribution in [3.05, 3.63) is 29.8 Å². The van der Waals surface area contributed by atoms with E-state index in [9.17, 15) is 8.42 Å². The normalized spacial score (nSPS) is 11.9. The van der Waals surface area contributed by atoms with Gasteiger partial charge in [0.05, 0.1) is 19.4 Å². The molecule has 0 aliphatic carbocycles. The first kappa shape index (κ1) is 18.4. The molecule has 2 rings (SSSR count). The van der Waals surface area contributed by atoms with E-state index in [1.54, 1.807) is 5.51 Å². The van der Waals surface area contributed by atoms with Crippen LogP contribution in [0.25, 0.3) is 0 Å². The summed E-state index contributed by atoms with van der Waals surface area (Å²) >= 11 is 1.30. The Labute approximate surface area is 144 Å². The van der Waals surface area contributed by atoms with E-state index in [2.05, 4.69) is 24.6 Å². The summed E-state index contributed by atoms with van der Waals surface area (Å²) in [7, 11) is -2.85. The van der Waals surface area contributed by atoms with Gasteiger partial charge in [-0.05, 0) is 31.2 Å². The molecule has 0 aliphatic heterocycles. The van der Waals surface area contributed by atoms with Crippen LogP contribution < -0.4 is 4.90 Å². The van der Waals surface area contributed by atoms with E-state index in [1.807, 2.05) is 36.1 Å². The molecule has 1 aromatic heterocycles. The fourth-order valence-corrected chi connectivity index (χ4v) is 2.55. The number of aromatic nitrogens is 2. The number of hydrogen-bond acceptors (Lipinski definition) is 10. The summed E-state index contributed by atoms with van der Waals surface area (Å²) < 4.78 is 31.2. The number of azo groups is 1. The van der Waals surface area contributed by atoms with E-state index in [-0.39, 0.29) is 6.61 Å². The molecular weight excluding hydrogens is 354 g/mol. The fraction of sp³-hybridized carbons (Fsp3) is 0.385. The largest absolute Gasteiger partial charge is 0.399 e. The average molecular weight is 371 g/mol. The highest BCUT2D eigenvalue weighted by Crippen LogP contribution is 2.22. The summed E-state index contributed by atoms with van der Waals surface area (Å²) in [5, 5.41) is 16.0. The quantitative estimate of drug-likeness (QED) is 0.624. The Morgan fingerprint density at radius 2 is 2.00 bits per heavy atom. The Bertz CT molecular complexity index is 747. The molecule has 0 radical (unpaired) electrons. The third-order valence-electron chi connectivity index (χ3n) is 2.99. The van der Waals surface area contributed by atoms with Crippen LogP contribution in [0.15, 0.2) is 40.0 Å². The van der Waals surface area contributed by atoms with Gasteiger partial charge < -0.3 is 4.90 Å². The van der Waals surface area contributed by atoms with Gasteiger partial charge in [-0.25, -0.2) is 4.18 Å². The van der Waals surface area contributed by atoms with Gasteiger partial charge in [-0.15, -0.1) is 20.4 Å². The first-order valence-corrected chi connectivity index (χ1v) is 9.23. The fourth-order valence-electron chi connectivity index (χ4n) is 1.81. The van der Waals surface area contributed by atoms with Gasteiger partial charge in [-0.3, -0.25) is 4.18 Å². The number of likely N-dealkylation sites (N-methyl/N-ethyl adjacent to an activating group) is 1. The molecule has 0 aliphatic rings. The second kappa shape index (κ2) is 8.78. The van der Waals surface area contributed by atoms with Gasteiger partial charge >= 0.3 is 10.4 Å². The van der Waals surface area contributed by atoms with Crippen LogP contribution in [0.5, 0.6) is 0 Å². The zero-order valence-electron chi connectivity index (χ0n) is 13.2. The number of hydrogen-bond donors (Lipinski definition) is 0. The van der Waals surface area contributed by atoms with Crippen molar-refractivity contribution in [1.29, 1.82) is 0 Å². The van der Waals surface area contributed by atoms with Gasteiger partial charge in [-0.1, -0.05) is 11.3 Å². The number of benzene rings is 1. The van der Waals surface area contributed by atoms with E-state index in [0.717, 1.165) is 12.8 Å². The number of anilines is 1. The maximum Gasteiger partial charge on any atom is 0.399 e. The lowest BCUT2D eigenvalue weighted by atomic mass is 10.2. The zero-order chi connectivity index (χ0) is 17.4. The van der Waals surface area contributed by atoms with Crippen molar-refractivity contribution in [2.75, 3.05) is 31.7 Å². The van der Waals surface area contributed by atoms with E-state index >= 15 is 0 Å². The summed E-state index contributed by atoms with van der Waals surface area (Å²) in [6.07, 6.45) is 0. The Balaban J connectivity index is 1.94. The minimum absolute atomic E-state index is 0.00250. The Kier molecular flexibility index (Phi) is 6.73. The SMILES string of the molecule is CCN(CCOS(=O)(=O)OC)c1ccc(N=Nc2nncs2)cc1. The summed E-state index contributed by atoms with van der Waals surface area (Å²) in [6.45, 7) is 3.07. The highest BCUT2D eigenvalue weighted by molar-refractivity contribution is 7.81. The van der Waals surface area contributed by atoms with Crippen LogP contribution >= 0.6 is 11.3 Å². The molecule has 0 atom stereocenters. The predicted octanol–water partition coefficient (Wildman–Crippen LogP) is 2.69. The Morgan fingerprint density at radius 3 is 2.58 bits per heavy atom.